The van der Waals surface area contributed by atoms with Crippen LogP contribution in [0.3, 0.4) is 0 Å². The molecule has 1 aromatic carbocycles. The zero-order valence-corrected chi connectivity index (χ0v) is 15.3. The van der Waals surface area contributed by atoms with Gasteiger partial charge in [0.1, 0.15) is 10.7 Å². The lowest BCUT2D eigenvalue weighted by Gasteiger charge is -2.38. The van der Waals surface area contributed by atoms with E-state index < -0.39 is 15.8 Å². The van der Waals surface area contributed by atoms with Gasteiger partial charge in [-0.25, -0.2) is 0 Å². The first-order valence-corrected chi connectivity index (χ1v) is 10.0. The molecule has 0 unspecified atom stereocenters. The van der Waals surface area contributed by atoms with Crippen molar-refractivity contribution in [3.8, 4) is 0 Å². The summed E-state index contributed by atoms with van der Waals surface area (Å²) < 4.78 is 40.8. The smallest absolute Gasteiger partial charge is 0.285 e. The highest BCUT2D eigenvalue weighted by Crippen LogP contribution is 2.37. The zero-order chi connectivity index (χ0) is 17.7. The Hall–Kier alpha value is -1.70. The lowest BCUT2D eigenvalue weighted by Crippen LogP contribution is -2.47. The number of hydrogen-bond donors (Lipinski definition) is 0. The summed E-state index contributed by atoms with van der Waals surface area (Å²) >= 11 is 0. The van der Waals surface area contributed by atoms with Crippen LogP contribution in [0.2, 0.25) is 0 Å². The SMILES string of the molecule is CC1=C(c2ccc(C)cc2)S(=O)(=O)N=C1N1CCC2(CC1)OCCO2. The molecule has 2 saturated heterocycles. The fraction of sp³-hybridized carbons (Fsp3) is 0.500. The van der Waals surface area contributed by atoms with E-state index in [9.17, 15) is 8.42 Å². The van der Waals surface area contributed by atoms with Crippen molar-refractivity contribution in [1.29, 1.82) is 0 Å². The van der Waals surface area contributed by atoms with Gasteiger partial charge in [0, 0.05) is 31.5 Å². The number of benzene rings is 1. The molecule has 4 rings (SSSR count). The molecule has 3 heterocycles. The topological polar surface area (TPSA) is 68.2 Å². The van der Waals surface area contributed by atoms with E-state index in [0.717, 1.165) is 18.4 Å². The molecule has 0 aromatic heterocycles. The molecule has 1 aromatic rings. The van der Waals surface area contributed by atoms with Gasteiger partial charge in [-0.15, -0.1) is 4.40 Å². The van der Waals surface area contributed by atoms with Gasteiger partial charge >= 0.3 is 0 Å². The number of piperidine rings is 1. The standard InChI is InChI=1S/C18H22N2O4S/c1-13-3-5-15(6-4-13)16-14(2)17(19-25(16,21)22)20-9-7-18(8-10-20)23-11-12-24-18/h3-6H,7-12H2,1-2H3. The third-order valence-corrected chi connectivity index (χ3v) is 6.56. The molecule has 7 heteroatoms. The van der Waals surface area contributed by atoms with Crippen LogP contribution in [0, 0.1) is 6.92 Å². The molecule has 25 heavy (non-hydrogen) atoms. The van der Waals surface area contributed by atoms with Gasteiger partial charge in [0.2, 0.25) is 0 Å². The lowest BCUT2D eigenvalue weighted by atomic mass is 10.0. The van der Waals surface area contributed by atoms with Crippen LogP contribution < -0.4 is 0 Å². The van der Waals surface area contributed by atoms with E-state index in [0.29, 0.717) is 48.2 Å². The first-order valence-electron chi connectivity index (χ1n) is 8.56. The Morgan fingerprint density at radius 2 is 1.64 bits per heavy atom. The number of hydrogen-bond acceptors (Lipinski definition) is 5. The number of sulfonamides is 1. The molecule has 0 amide bonds. The van der Waals surface area contributed by atoms with Crippen LogP contribution in [0.4, 0.5) is 0 Å². The summed E-state index contributed by atoms with van der Waals surface area (Å²) in [5.41, 5.74) is 2.50. The third-order valence-electron chi connectivity index (χ3n) is 5.09. The van der Waals surface area contributed by atoms with Crippen LogP contribution in [-0.2, 0) is 19.5 Å². The molecule has 0 saturated carbocycles. The lowest BCUT2D eigenvalue weighted by molar-refractivity contribution is -0.180. The molecule has 134 valence electrons. The van der Waals surface area contributed by atoms with Crippen LogP contribution in [0.1, 0.15) is 30.9 Å². The van der Waals surface area contributed by atoms with Gasteiger partial charge < -0.3 is 14.4 Å². The van der Waals surface area contributed by atoms with Crippen LogP contribution >= 0.6 is 0 Å². The maximum Gasteiger partial charge on any atom is 0.285 e. The quantitative estimate of drug-likeness (QED) is 0.767. The summed E-state index contributed by atoms with van der Waals surface area (Å²) in [4.78, 5) is 2.35. The Balaban J connectivity index is 1.61. The summed E-state index contributed by atoms with van der Waals surface area (Å²) in [7, 11) is -3.66. The summed E-state index contributed by atoms with van der Waals surface area (Å²) in [5.74, 6) is 0.0785. The van der Waals surface area contributed by atoms with Crippen LogP contribution in [0.25, 0.3) is 4.91 Å². The van der Waals surface area contributed by atoms with Crippen molar-refractivity contribution in [2.45, 2.75) is 32.5 Å². The second kappa shape index (κ2) is 5.93. The fourth-order valence-corrected chi connectivity index (χ4v) is 5.22. The first-order chi connectivity index (χ1) is 11.9. The van der Waals surface area contributed by atoms with Gasteiger partial charge in [-0.3, -0.25) is 0 Å². The Bertz CT molecular complexity index is 840. The molecular weight excluding hydrogens is 340 g/mol. The van der Waals surface area contributed by atoms with Crippen molar-refractivity contribution in [2.75, 3.05) is 26.3 Å². The maximum atomic E-state index is 12.6. The second-order valence-corrected chi connectivity index (χ2v) is 8.35. The van der Waals surface area contributed by atoms with Gasteiger partial charge in [-0.2, -0.15) is 8.42 Å². The van der Waals surface area contributed by atoms with Gasteiger partial charge in [0.15, 0.2) is 5.79 Å². The number of nitrogens with zero attached hydrogens (tertiary/aromatic N) is 2. The molecule has 1 spiro atoms. The minimum Gasteiger partial charge on any atom is -0.355 e. The van der Waals surface area contributed by atoms with Crippen molar-refractivity contribution in [1.82, 2.24) is 4.90 Å². The Labute approximate surface area is 148 Å². The summed E-state index contributed by atoms with van der Waals surface area (Å²) in [6, 6.07) is 7.52. The number of rotatable bonds is 1. The van der Waals surface area contributed by atoms with Crippen molar-refractivity contribution in [3.63, 3.8) is 0 Å². The van der Waals surface area contributed by atoms with Crippen LogP contribution in [-0.4, -0.2) is 51.2 Å². The number of aryl methyl sites for hydroxylation is 1. The third kappa shape index (κ3) is 2.90. The molecule has 0 radical (unpaired) electrons. The highest BCUT2D eigenvalue weighted by Gasteiger charge is 2.42. The van der Waals surface area contributed by atoms with Crippen molar-refractivity contribution >= 4 is 20.8 Å². The van der Waals surface area contributed by atoms with E-state index >= 15 is 0 Å². The van der Waals surface area contributed by atoms with Crippen molar-refractivity contribution in [2.24, 2.45) is 4.40 Å². The summed E-state index contributed by atoms with van der Waals surface area (Å²) in [6.07, 6.45) is 1.44. The van der Waals surface area contributed by atoms with E-state index in [1.54, 1.807) is 0 Å². The molecule has 6 nitrogen and oxygen atoms in total. The van der Waals surface area contributed by atoms with Gasteiger partial charge in [0.05, 0.1) is 13.2 Å². The zero-order valence-electron chi connectivity index (χ0n) is 14.5. The molecule has 3 aliphatic rings. The van der Waals surface area contributed by atoms with E-state index in [4.69, 9.17) is 9.47 Å². The summed E-state index contributed by atoms with van der Waals surface area (Å²) in [6.45, 7) is 6.43. The van der Waals surface area contributed by atoms with Gasteiger partial charge in [-0.05, 0) is 19.4 Å². The molecule has 0 N–H and O–H groups in total. The molecule has 2 fully saturated rings. The van der Waals surface area contributed by atoms with Crippen molar-refractivity contribution in [3.05, 3.63) is 41.0 Å². The second-order valence-electron chi connectivity index (χ2n) is 6.80. The van der Waals surface area contributed by atoms with Gasteiger partial charge in [-0.1, -0.05) is 29.8 Å². The van der Waals surface area contributed by atoms with Crippen molar-refractivity contribution < 1.29 is 17.9 Å². The number of amidine groups is 1. The maximum absolute atomic E-state index is 12.6. The predicted molar refractivity (Wildman–Crippen MR) is 95.6 cm³/mol. The Morgan fingerprint density at radius 3 is 2.24 bits per heavy atom. The van der Waals surface area contributed by atoms with Crippen LogP contribution in [0.15, 0.2) is 34.2 Å². The minimum atomic E-state index is -3.66. The molecule has 0 atom stereocenters. The number of likely N-dealkylation sites (tertiary alicyclic amines) is 1. The summed E-state index contributed by atoms with van der Waals surface area (Å²) in [5, 5.41) is 0. The predicted octanol–water partition coefficient (Wildman–Crippen LogP) is 2.31. The van der Waals surface area contributed by atoms with E-state index in [2.05, 4.69) is 4.40 Å². The van der Waals surface area contributed by atoms with Crippen LogP contribution in [0.5, 0.6) is 0 Å². The highest BCUT2D eigenvalue weighted by molar-refractivity contribution is 8.00. The largest absolute Gasteiger partial charge is 0.355 e. The van der Waals surface area contributed by atoms with E-state index in [-0.39, 0.29) is 0 Å². The monoisotopic (exact) mass is 362 g/mol. The highest BCUT2D eigenvalue weighted by atomic mass is 32.2. The number of ether oxygens (including phenoxy) is 2. The molecule has 3 aliphatic heterocycles. The Kier molecular flexibility index (Phi) is 3.97. The first kappa shape index (κ1) is 16.8. The van der Waals surface area contributed by atoms with E-state index in [1.807, 2.05) is 43.0 Å². The average Bonchev–Trinajstić information content (AvgIpc) is 3.12. The molecule has 0 aliphatic carbocycles. The molecular formula is C18H22N2O4S. The minimum absolute atomic E-state index is 0.316. The average molecular weight is 362 g/mol. The Morgan fingerprint density at radius 1 is 1.04 bits per heavy atom. The molecule has 0 bridgehead atoms. The normalized spacial score (nSPS) is 24.9. The fourth-order valence-electron chi connectivity index (χ4n) is 3.73. The van der Waals surface area contributed by atoms with Gasteiger partial charge in [0.25, 0.3) is 10.0 Å². The van der Waals surface area contributed by atoms with E-state index in [1.165, 1.54) is 0 Å².